The van der Waals surface area contributed by atoms with E-state index in [9.17, 15) is 9.59 Å². The van der Waals surface area contributed by atoms with Gasteiger partial charge < -0.3 is 5.32 Å². The average molecular weight is 332 g/mol. The van der Waals surface area contributed by atoms with E-state index < -0.39 is 0 Å². The predicted molar refractivity (Wildman–Crippen MR) is 78.7 cm³/mol. The molecular weight excluding hydrogens is 322 g/mol. The Hall–Kier alpha value is -2.21. The summed E-state index contributed by atoms with van der Waals surface area (Å²) in [7, 11) is 0. The first kappa shape index (κ1) is 12.8. The molecule has 1 aromatic carbocycles. The number of hydrogen-bond donors (Lipinski definition) is 1. The van der Waals surface area contributed by atoms with Gasteiger partial charge in [0.05, 0.1) is 11.4 Å². The van der Waals surface area contributed by atoms with Crippen LogP contribution in [0.1, 0.15) is 10.5 Å². The van der Waals surface area contributed by atoms with Crippen molar-refractivity contribution in [3.8, 4) is 0 Å². The predicted octanol–water partition coefficient (Wildman–Crippen LogP) is 2.44. The highest BCUT2D eigenvalue weighted by Crippen LogP contribution is 2.30. The van der Waals surface area contributed by atoms with Crippen molar-refractivity contribution in [2.75, 3.05) is 16.8 Å². The Balaban J connectivity index is 2.05. The second-order valence-corrected chi connectivity index (χ2v) is 5.14. The molecule has 0 unspecified atom stereocenters. The lowest BCUT2D eigenvalue weighted by Crippen LogP contribution is -2.42. The van der Waals surface area contributed by atoms with Crippen LogP contribution in [0.15, 0.2) is 47.1 Å². The number of fused-ring (bicyclic) bond motifs is 1. The second kappa shape index (κ2) is 5.05. The van der Waals surface area contributed by atoms with Crippen LogP contribution in [0.25, 0.3) is 0 Å². The van der Waals surface area contributed by atoms with Crippen molar-refractivity contribution in [2.24, 2.45) is 0 Å². The molecule has 0 saturated carbocycles. The zero-order valence-electron chi connectivity index (χ0n) is 10.3. The van der Waals surface area contributed by atoms with Gasteiger partial charge >= 0.3 is 0 Å². The molecule has 1 aliphatic rings. The molecule has 1 aromatic heterocycles. The molecule has 20 heavy (non-hydrogen) atoms. The largest absolute Gasteiger partial charge is 0.323 e. The summed E-state index contributed by atoms with van der Waals surface area (Å²) in [5.41, 5.74) is 1.59. The van der Waals surface area contributed by atoms with E-state index in [0.29, 0.717) is 15.8 Å². The lowest BCUT2D eigenvalue weighted by molar-refractivity contribution is -0.115. The van der Waals surface area contributed by atoms with Crippen LogP contribution in [0.5, 0.6) is 0 Å². The average Bonchev–Trinajstić information content (AvgIpc) is 2.46. The van der Waals surface area contributed by atoms with Gasteiger partial charge in [-0.3, -0.25) is 14.5 Å². The minimum Gasteiger partial charge on any atom is -0.323 e. The van der Waals surface area contributed by atoms with E-state index in [4.69, 9.17) is 0 Å². The number of nitrogens with zero attached hydrogens (tertiary/aromatic N) is 2. The third-order valence-electron chi connectivity index (χ3n) is 2.98. The van der Waals surface area contributed by atoms with E-state index in [2.05, 4.69) is 26.2 Å². The lowest BCUT2D eigenvalue weighted by atomic mass is 10.1. The number of benzene rings is 1. The summed E-state index contributed by atoms with van der Waals surface area (Å²) in [6.07, 6.45) is 1.55. The number of rotatable bonds is 1. The van der Waals surface area contributed by atoms with E-state index in [1.807, 2.05) is 12.1 Å². The molecule has 6 heteroatoms. The van der Waals surface area contributed by atoms with Crippen LogP contribution in [-0.4, -0.2) is 23.3 Å². The number of hydrogen-bond acceptors (Lipinski definition) is 3. The first-order valence-electron chi connectivity index (χ1n) is 5.98. The first-order chi connectivity index (χ1) is 9.66. The molecule has 2 amide bonds. The number of anilines is 2. The molecule has 0 saturated heterocycles. The van der Waals surface area contributed by atoms with Gasteiger partial charge in [-0.15, -0.1) is 0 Å². The Morgan fingerprint density at radius 3 is 2.85 bits per heavy atom. The number of halogens is 1. The van der Waals surface area contributed by atoms with Crippen LogP contribution in [0.2, 0.25) is 0 Å². The Kier molecular flexibility index (Phi) is 3.23. The van der Waals surface area contributed by atoms with E-state index in [1.165, 1.54) is 4.90 Å². The fraction of sp³-hybridized carbons (Fsp3) is 0.0714. The summed E-state index contributed by atoms with van der Waals surface area (Å²) in [4.78, 5) is 29.8. The number of amides is 2. The number of aromatic nitrogens is 1. The molecule has 0 radical (unpaired) electrons. The normalized spacial score (nSPS) is 13.7. The fourth-order valence-corrected chi connectivity index (χ4v) is 2.51. The van der Waals surface area contributed by atoms with Gasteiger partial charge in [0.2, 0.25) is 5.91 Å². The molecule has 3 rings (SSSR count). The van der Waals surface area contributed by atoms with E-state index in [0.717, 1.165) is 0 Å². The Morgan fingerprint density at radius 2 is 2.05 bits per heavy atom. The summed E-state index contributed by atoms with van der Waals surface area (Å²) >= 11 is 3.31. The fourth-order valence-electron chi connectivity index (χ4n) is 2.09. The van der Waals surface area contributed by atoms with E-state index >= 15 is 0 Å². The van der Waals surface area contributed by atoms with Crippen LogP contribution in [0, 0.1) is 0 Å². The van der Waals surface area contributed by atoms with Gasteiger partial charge in [-0.1, -0.05) is 12.1 Å². The SMILES string of the molecule is O=C1CN(C(=O)c2ncccc2Br)c2ccccc2N1. The summed E-state index contributed by atoms with van der Waals surface area (Å²) in [6.45, 7) is -0.0150. The van der Waals surface area contributed by atoms with Gasteiger partial charge in [0.1, 0.15) is 12.2 Å². The smallest absolute Gasteiger partial charge is 0.278 e. The highest BCUT2D eigenvalue weighted by atomic mass is 79.9. The van der Waals surface area contributed by atoms with Crippen molar-refractivity contribution >= 4 is 39.1 Å². The molecular formula is C14H10BrN3O2. The van der Waals surface area contributed by atoms with Crippen molar-refractivity contribution in [3.63, 3.8) is 0 Å². The Morgan fingerprint density at radius 1 is 1.25 bits per heavy atom. The molecule has 2 aromatic rings. The molecule has 0 fully saturated rings. The van der Waals surface area contributed by atoms with Crippen LogP contribution < -0.4 is 10.2 Å². The first-order valence-corrected chi connectivity index (χ1v) is 6.77. The maximum absolute atomic E-state index is 12.6. The highest BCUT2D eigenvalue weighted by molar-refractivity contribution is 9.10. The Bertz CT molecular complexity index is 702. The van der Waals surface area contributed by atoms with Crippen molar-refractivity contribution in [2.45, 2.75) is 0 Å². The molecule has 1 aliphatic heterocycles. The van der Waals surface area contributed by atoms with E-state index in [1.54, 1.807) is 30.5 Å². The molecule has 1 N–H and O–H groups in total. The quantitative estimate of drug-likeness (QED) is 0.873. The summed E-state index contributed by atoms with van der Waals surface area (Å²) in [5.74, 6) is -0.524. The van der Waals surface area contributed by atoms with Crippen LogP contribution in [-0.2, 0) is 4.79 Å². The van der Waals surface area contributed by atoms with Crippen molar-refractivity contribution in [1.82, 2.24) is 4.98 Å². The summed E-state index contributed by atoms with van der Waals surface area (Å²) in [5, 5.41) is 2.75. The van der Waals surface area contributed by atoms with Gasteiger partial charge in [-0.2, -0.15) is 0 Å². The lowest BCUT2D eigenvalue weighted by Gasteiger charge is -2.29. The maximum atomic E-state index is 12.6. The molecule has 0 atom stereocenters. The minimum absolute atomic E-state index is 0.0150. The summed E-state index contributed by atoms with van der Waals surface area (Å²) in [6, 6.07) is 10.7. The van der Waals surface area contributed by atoms with Crippen molar-refractivity contribution in [1.29, 1.82) is 0 Å². The molecule has 100 valence electrons. The molecule has 5 nitrogen and oxygen atoms in total. The topological polar surface area (TPSA) is 62.3 Å². The van der Waals surface area contributed by atoms with Gasteiger partial charge in [0.15, 0.2) is 0 Å². The van der Waals surface area contributed by atoms with Gasteiger partial charge in [-0.25, -0.2) is 4.98 Å². The van der Waals surface area contributed by atoms with Crippen LogP contribution >= 0.6 is 15.9 Å². The Labute approximate surface area is 123 Å². The minimum atomic E-state index is -0.306. The third kappa shape index (κ3) is 2.18. The van der Waals surface area contributed by atoms with Crippen molar-refractivity contribution < 1.29 is 9.59 Å². The molecule has 2 heterocycles. The second-order valence-electron chi connectivity index (χ2n) is 4.29. The molecule has 0 aliphatic carbocycles. The van der Waals surface area contributed by atoms with E-state index in [-0.39, 0.29) is 24.1 Å². The number of nitrogens with one attached hydrogen (secondary N) is 1. The zero-order chi connectivity index (χ0) is 14.1. The zero-order valence-corrected chi connectivity index (χ0v) is 11.9. The number of carbonyl (C=O) groups is 2. The monoisotopic (exact) mass is 331 g/mol. The molecule has 0 bridgehead atoms. The van der Waals surface area contributed by atoms with Crippen LogP contribution in [0.4, 0.5) is 11.4 Å². The van der Waals surface area contributed by atoms with Crippen molar-refractivity contribution in [3.05, 3.63) is 52.8 Å². The number of para-hydroxylation sites is 2. The standard InChI is InChI=1S/C14H10BrN3O2/c15-9-4-3-7-16-13(9)14(20)18-8-12(19)17-10-5-1-2-6-11(10)18/h1-7H,8H2,(H,17,19). The third-order valence-corrected chi connectivity index (χ3v) is 3.62. The van der Waals surface area contributed by atoms with Gasteiger partial charge in [0, 0.05) is 10.7 Å². The maximum Gasteiger partial charge on any atom is 0.278 e. The molecule has 0 spiro atoms. The highest BCUT2D eigenvalue weighted by Gasteiger charge is 2.28. The van der Waals surface area contributed by atoms with Crippen LogP contribution in [0.3, 0.4) is 0 Å². The summed E-state index contributed by atoms with van der Waals surface area (Å²) < 4.78 is 0.605. The van der Waals surface area contributed by atoms with Gasteiger partial charge in [-0.05, 0) is 40.2 Å². The number of pyridine rings is 1. The van der Waals surface area contributed by atoms with Gasteiger partial charge in [0.25, 0.3) is 5.91 Å². The number of carbonyl (C=O) groups excluding carboxylic acids is 2.